The van der Waals surface area contributed by atoms with Crippen LogP contribution in [0.5, 0.6) is 5.75 Å². The van der Waals surface area contributed by atoms with Crippen molar-refractivity contribution in [2.75, 3.05) is 17.1 Å². The molecule has 0 saturated heterocycles. The number of anilines is 4. The quantitative estimate of drug-likeness (QED) is 0.108. The van der Waals surface area contributed by atoms with E-state index in [0.29, 0.717) is 0 Å². The second kappa shape index (κ2) is 14.3. The molecule has 0 bridgehead atoms. The lowest BCUT2D eigenvalue weighted by molar-refractivity contribution is 0.415. The SMILES string of the molecule is COc1ccc(-n2c3ccc(/C=N/N(c4ccccc4)c4ccccc4)cc3c3cc(/C=N/N(c4ccccc4)c4ccccc4)ccc32)cc1. The van der Waals surface area contributed by atoms with Gasteiger partial charge < -0.3 is 9.30 Å². The van der Waals surface area contributed by atoms with Crippen LogP contribution in [0.3, 0.4) is 0 Å². The van der Waals surface area contributed by atoms with Gasteiger partial charge in [0.05, 0.1) is 53.3 Å². The van der Waals surface area contributed by atoms with Crippen LogP contribution in [0.4, 0.5) is 22.7 Å². The average molecular weight is 662 g/mol. The van der Waals surface area contributed by atoms with E-state index in [2.05, 4.69) is 102 Å². The Morgan fingerprint density at radius 2 is 0.824 bits per heavy atom. The van der Waals surface area contributed by atoms with E-state index < -0.39 is 0 Å². The van der Waals surface area contributed by atoms with E-state index in [1.807, 2.05) is 107 Å². The Kier molecular flexibility index (Phi) is 8.78. The molecule has 0 aliphatic rings. The lowest BCUT2D eigenvalue weighted by Gasteiger charge is -2.19. The Bertz CT molecular complexity index is 2210. The first kappa shape index (κ1) is 31.4. The zero-order chi connectivity index (χ0) is 34.4. The van der Waals surface area contributed by atoms with Gasteiger partial charge in [0.2, 0.25) is 0 Å². The van der Waals surface area contributed by atoms with Crippen LogP contribution < -0.4 is 14.8 Å². The van der Waals surface area contributed by atoms with Crippen molar-refractivity contribution in [2.24, 2.45) is 10.2 Å². The fourth-order valence-corrected chi connectivity index (χ4v) is 6.32. The van der Waals surface area contributed by atoms with E-state index in [1.54, 1.807) is 7.11 Å². The molecule has 0 N–H and O–H groups in total. The first-order valence-electron chi connectivity index (χ1n) is 16.9. The Labute approximate surface area is 297 Å². The number of nitrogens with zero attached hydrogens (tertiary/aromatic N) is 5. The van der Waals surface area contributed by atoms with Gasteiger partial charge in [-0.25, -0.2) is 10.0 Å². The van der Waals surface area contributed by atoms with Crippen LogP contribution in [0.25, 0.3) is 27.5 Å². The van der Waals surface area contributed by atoms with Gasteiger partial charge in [-0.3, -0.25) is 0 Å². The highest BCUT2D eigenvalue weighted by Gasteiger charge is 2.15. The van der Waals surface area contributed by atoms with Crippen molar-refractivity contribution in [1.82, 2.24) is 4.57 Å². The highest BCUT2D eigenvalue weighted by Crippen LogP contribution is 2.34. The van der Waals surface area contributed by atoms with E-state index in [1.165, 1.54) is 0 Å². The number of hydrogen-bond acceptors (Lipinski definition) is 5. The molecular weight excluding hydrogens is 627 g/mol. The number of ether oxygens (including phenoxy) is 1. The fourth-order valence-electron chi connectivity index (χ4n) is 6.32. The summed E-state index contributed by atoms with van der Waals surface area (Å²) >= 11 is 0. The van der Waals surface area contributed by atoms with Crippen molar-refractivity contribution < 1.29 is 4.74 Å². The number of hydrazone groups is 2. The monoisotopic (exact) mass is 661 g/mol. The third-order valence-electron chi connectivity index (χ3n) is 8.79. The van der Waals surface area contributed by atoms with Crippen LogP contribution in [0.1, 0.15) is 11.1 Å². The molecule has 0 amide bonds. The van der Waals surface area contributed by atoms with E-state index in [0.717, 1.165) is 67.1 Å². The van der Waals surface area contributed by atoms with Crippen LogP contribution in [0.2, 0.25) is 0 Å². The van der Waals surface area contributed by atoms with Crippen LogP contribution in [-0.4, -0.2) is 24.1 Å². The van der Waals surface area contributed by atoms with E-state index >= 15 is 0 Å². The molecule has 6 heteroatoms. The Morgan fingerprint density at radius 1 is 0.451 bits per heavy atom. The molecule has 0 atom stereocenters. The van der Waals surface area contributed by atoms with E-state index in [4.69, 9.17) is 14.9 Å². The van der Waals surface area contributed by atoms with Gasteiger partial charge in [0.25, 0.3) is 0 Å². The topological polar surface area (TPSA) is 45.4 Å². The molecule has 6 nitrogen and oxygen atoms in total. The second-order valence-electron chi connectivity index (χ2n) is 12.0. The summed E-state index contributed by atoms with van der Waals surface area (Å²) in [4.78, 5) is 0. The normalized spacial score (nSPS) is 11.5. The van der Waals surface area contributed by atoms with E-state index in [9.17, 15) is 0 Å². The highest BCUT2D eigenvalue weighted by atomic mass is 16.5. The summed E-state index contributed by atoms with van der Waals surface area (Å²) < 4.78 is 7.76. The maximum Gasteiger partial charge on any atom is 0.119 e. The molecule has 7 aromatic carbocycles. The molecule has 0 radical (unpaired) electrons. The third kappa shape index (κ3) is 6.58. The summed E-state index contributed by atoms with van der Waals surface area (Å²) in [7, 11) is 1.69. The van der Waals surface area contributed by atoms with Gasteiger partial charge in [-0.05, 0) is 108 Å². The van der Waals surface area contributed by atoms with Crippen molar-refractivity contribution >= 4 is 57.0 Å². The van der Waals surface area contributed by atoms with Gasteiger partial charge in [-0.15, -0.1) is 0 Å². The molecule has 8 rings (SSSR count). The van der Waals surface area contributed by atoms with Crippen molar-refractivity contribution in [2.45, 2.75) is 0 Å². The van der Waals surface area contributed by atoms with Gasteiger partial charge >= 0.3 is 0 Å². The zero-order valence-corrected chi connectivity index (χ0v) is 28.1. The number of aromatic nitrogens is 1. The van der Waals surface area contributed by atoms with Gasteiger partial charge in [-0.2, -0.15) is 10.2 Å². The molecule has 0 aliphatic carbocycles. The first-order valence-corrected chi connectivity index (χ1v) is 16.9. The Hall–Kier alpha value is -6.92. The van der Waals surface area contributed by atoms with Crippen molar-refractivity contribution in [3.63, 3.8) is 0 Å². The summed E-state index contributed by atoms with van der Waals surface area (Å²) in [5.74, 6) is 0.819. The lowest BCUT2D eigenvalue weighted by atomic mass is 10.1. The third-order valence-corrected chi connectivity index (χ3v) is 8.79. The predicted octanol–water partition coefficient (Wildman–Crippen LogP) is 11.1. The summed E-state index contributed by atoms with van der Waals surface area (Å²) in [6.45, 7) is 0. The number of hydrogen-bond donors (Lipinski definition) is 0. The maximum absolute atomic E-state index is 5.47. The van der Waals surface area contributed by atoms with Gasteiger partial charge in [0.1, 0.15) is 5.75 Å². The minimum absolute atomic E-state index is 0.819. The van der Waals surface area contributed by atoms with Gasteiger partial charge in [-0.1, -0.05) is 84.9 Å². The summed E-state index contributed by atoms with van der Waals surface area (Å²) in [5.41, 5.74) is 9.18. The molecule has 0 saturated carbocycles. The number of fused-ring (bicyclic) bond motifs is 3. The molecule has 0 fully saturated rings. The predicted molar refractivity (Wildman–Crippen MR) is 213 cm³/mol. The standard InChI is InChI=1S/C45H35N5O/c1-51-41-26-24-36(25-27-41)48-44-28-22-34(32-46-49(37-14-6-2-7-15-37)38-16-8-3-9-17-38)30-42(44)43-31-35(23-29-45(43)48)33-47-50(39-18-10-4-11-19-39)40-20-12-5-13-21-40/h2-33H,1H3/b46-32+,47-33+. The molecule has 1 heterocycles. The van der Waals surface area contributed by atoms with Crippen LogP contribution >= 0.6 is 0 Å². The van der Waals surface area contributed by atoms with Crippen molar-refractivity contribution in [1.29, 1.82) is 0 Å². The molecule has 246 valence electrons. The van der Waals surface area contributed by atoms with Crippen LogP contribution in [0, 0.1) is 0 Å². The van der Waals surface area contributed by atoms with E-state index in [-0.39, 0.29) is 0 Å². The number of para-hydroxylation sites is 4. The minimum atomic E-state index is 0.819. The van der Waals surface area contributed by atoms with Crippen molar-refractivity contribution in [3.05, 3.63) is 193 Å². The Morgan fingerprint density at radius 3 is 1.18 bits per heavy atom. The molecule has 51 heavy (non-hydrogen) atoms. The second-order valence-corrected chi connectivity index (χ2v) is 12.0. The fraction of sp³-hybridized carbons (Fsp3) is 0.0222. The first-order chi connectivity index (χ1) is 25.2. The minimum Gasteiger partial charge on any atom is -0.497 e. The molecule has 0 aliphatic heterocycles. The average Bonchev–Trinajstić information content (AvgIpc) is 3.52. The highest BCUT2D eigenvalue weighted by molar-refractivity contribution is 6.12. The maximum atomic E-state index is 5.47. The summed E-state index contributed by atoms with van der Waals surface area (Å²) in [6, 6.07) is 62.0. The largest absolute Gasteiger partial charge is 0.497 e. The molecule has 1 aromatic heterocycles. The van der Waals surface area contributed by atoms with Gasteiger partial charge in [0, 0.05) is 16.5 Å². The van der Waals surface area contributed by atoms with Crippen LogP contribution in [0.15, 0.2) is 192 Å². The van der Waals surface area contributed by atoms with Crippen LogP contribution in [-0.2, 0) is 0 Å². The molecule has 8 aromatic rings. The Balaban J connectivity index is 1.23. The lowest BCUT2D eigenvalue weighted by Crippen LogP contribution is -2.09. The number of methoxy groups -OCH3 is 1. The summed E-state index contributed by atoms with van der Waals surface area (Å²) in [5, 5.41) is 16.1. The van der Waals surface area contributed by atoms with Crippen molar-refractivity contribution in [3.8, 4) is 11.4 Å². The summed E-state index contributed by atoms with van der Waals surface area (Å²) in [6.07, 6.45) is 3.86. The molecule has 0 spiro atoms. The number of rotatable bonds is 10. The zero-order valence-electron chi connectivity index (χ0n) is 28.1. The number of benzene rings is 7. The smallest absolute Gasteiger partial charge is 0.119 e. The molecular formula is C45H35N5O. The van der Waals surface area contributed by atoms with Gasteiger partial charge in [0.15, 0.2) is 0 Å². The molecule has 0 unspecified atom stereocenters.